The number of allylic oxidation sites excluding steroid dienone is 2. The average Bonchev–Trinajstić information content (AvgIpc) is 4.08. The summed E-state index contributed by atoms with van der Waals surface area (Å²) < 4.78 is 39.8. The van der Waals surface area contributed by atoms with E-state index >= 15 is 0 Å². The highest BCUT2D eigenvalue weighted by Gasteiger charge is 2.62. The van der Waals surface area contributed by atoms with Crippen molar-refractivity contribution >= 4 is 56.6 Å². The molecule has 5 aliphatic rings. The number of cyclic esters (lactones) is 1. The van der Waals surface area contributed by atoms with Crippen LogP contribution in [0.3, 0.4) is 0 Å². The third kappa shape index (κ3) is 7.98. The Labute approximate surface area is 313 Å². The highest BCUT2D eigenvalue weighted by Crippen LogP contribution is 2.46. The average molecular weight is 761 g/mol. The zero-order valence-corrected chi connectivity index (χ0v) is 30.6. The maximum Gasteiger partial charge on any atom is 0.407 e. The Morgan fingerprint density at radius 1 is 1.07 bits per heavy atom. The van der Waals surface area contributed by atoms with Gasteiger partial charge in [0, 0.05) is 30.5 Å². The lowest BCUT2D eigenvalue weighted by Crippen LogP contribution is -2.60. The summed E-state index contributed by atoms with van der Waals surface area (Å²) in [6, 6.07) is 5.16. The van der Waals surface area contributed by atoms with Crippen molar-refractivity contribution in [1.29, 1.82) is 0 Å². The van der Waals surface area contributed by atoms with E-state index in [9.17, 15) is 32.4 Å². The second kappa shape index (κ2) is 15.2. The van der Waals surface area contributed by atoms with Crippen molar-refractivity contribution in [2.24, 2.45) is 5.92 Å². The van der Waals surface area contributed by atoms with Crippen LogP contribution in [0.15, 0.2) is 61.3 Å². The van der Waals surface area contributed by atoms with Crippen LogP contribution in [0.5, 0.6) is 5.88 Å². The Balaban J connectivity index is 1.27. The first-order valence-electron chi connectivity index (χ1n) is 18.4. The molecule has 2 aliphatic carbocycles. The molecule has 1 saturated heterocycles. The molecule has 4 heterocycles. The van der Waals surface area contributed by atoms with Crippen LogP contribution in [-0.2, 0) is 33.9 Å². The number of sulfonamides is 1. The van der Waals surface area contributed by atoms with Crippen LogP contribution in [0.2, 0.25) is 0 Å². The van der Waals surface area contributed by atoms with Gasteiger partial charge in [-0.15, -0.1) is 0 Å². The van der Waals surface area contributed by atoms with Gasteiger partial charge >= 0.3 is 6.09 Å². The van der Waals surface area contributed by atoms with Crippen molar-refractivity contribution in [1.82, 2.24) is 30.1 Å². The number of hydrogen-bond donors (Lipinski definition) is 3. The predicted molar refractivity (Wildman–Crippen MR) is 197 cm³/mol. The Morgan fingerprint density at radius 3 is 2.69 bits per heavy atom. The van der Waals surface area contributed by atoms with Gasteiger partial charge in [0.2, 0.25) is 33.6 Å². The molecule has 2 saturated carbocycles. The van der Waals surface area contributed by atoms with Gasteiger partial charge in [-0.3, -0.25) is 23.9 Å². The van der Waals surface area contributed by atoms with Crippen molar-refractivity contribution in [3.8, 4) is 5.88 Å². The van der Waals surface area contributed by atoms with E-state index in [2.05, 4.69) is 26.9 Å². The molecule has 0 radical (unpaired) electrons. The van der Waals surface area contributed by atoms with Crippen molar-refractivity contribution in [2.75, 3.05) is 26.2 Å². The molecule has 5 bridgehead atoms. The molecule has 16 heteroatoms. The molecule has 0 spiro atoms. The summed E-state index contributed by atoms with van der Waals surface area (Å²) in [5, 5.41) is 6.42. The Morgan fingerprint density at radius 2 is 1.89 bits per heavy atom. The summed E-state index contributed by atoms with van der Waals surface area (Å²) in [7, 11) is -3.93. The molecule has 54 heavy (non-hydrogen) atoms. The van der Waals surface area contributed by atoms with Gasteiger partial charge in [-0.05, 0) is 74.1 Å². The number of carbonyl (C=O) groups excluding carboxylic acids is 5. The first kappa shape index (κ1) is 37.1. The van der Waals surface area contributed by atoms with E-state index in [4.69, 9.17) is 9.47 Å². The molecule has 5 amide bonds. The zero-order valence-electron chi connectivity index (χ0n) is 29.8. The first-order chi connectivity index (χ1) is 26.0. The predicted octanol–water partition coefficient (Wildman–Crippen LogP) is 2.33. The number of carbonyl (C=O) groups is 5. The quantitative estimate of drug-likeness (QED) is 0.308. The summed E-state index contributed by atoms with van der Waals surface area (Å²) >= 11 is 0. The van der Waals surface area contributed by atoms with Crippen molar-refractivity contribution in [2.45, 2.75) is 80.3 Å². The maximum absolute atomic E-state index is 14.6. The van der Waals surface area contributed by atoms with Crippen LogP contribution in [0.1, 0.15) is 56.9 Å². The lowest BCUT2D eigenvalue weighted by molar-refractivity contribution is -0.142. The number of alkyl carbamates (subject to hydrolysis) is 1. The van der Waals surface area contributed by atoms with E-state index in [1.165, 1.54) is 9.80 Å². The Bertz CT molecular complexity index is 2030. The standard InChI is InChI=1S/C38H44N6O9S/c1-2-32(45)43-17-7-3-6-10-26-21-38(26,36(48)42-54(50,51)28-13-14-28)41-33(46)31-20-27-22-44(31)35(47)30(23-43)40-37(49)52-18-8-4-5-9-24-11-12-25-15-16-39-34(53-27)29(25)19-24/h2,5-6,9-12,15-16,19,26-28,30-31H,1,3-4,7-8,13-14,17-18,20-23H2,(H,40,49)(H,41,46)(H,42,48)/b9-5+,10-6-/t26?,27-,30+,31+,38-/m1/s1. The van der Waals surface area contributed by atoms with Gasteiger partial charge in [0.15, 0.2) is 0 Å². The lowest BCUT2D eigenvalue weighted by Gasteiger charge is -2.32. The third-order valence-electron chi connectivity index (χ3n) is 10.5. The second-order valence-electron chi connectivity index (χ2n) is 14.5. The molecule has 1 aromatic heterocycles. The highest BCUT2D eigenvalue weighted by molar-refractivity contribution is 7.91. The molecule has 5 atom stereocenters. The van der Waals surface area contributed by atoms with Crippen LogP contribution in [0, 0.1) is 5.92 Å². The summed E-state index contributed by atoms with van der Waals surface area (Å²) in [5.41, 5.74) is -0.668. The van der Waals surface area contributed by atoms with Gasteiger partial charge in [0.1, 0.15) is 23.7 Å². The fourth-order valence-electron chi connectivity index (χ4n) is 7.31. The normalized spacial score (nSPS) is 29.1. The number of fused-ring (bicyclic) bond motifs is 4. The number of nitrogens with zero attached hydrogens (tertiary/aromatic N) is 3. The maximum atomic E-state index is 14.6. The fourth-order valence-corrected chi connectivity index (χ4v) is 8.68. The number of nitrogens with one attached hydrogen (secondary N) is 3. The van der Waals surface area contributed by atoms with Gasteiger partial charge in [0.25, 0.3) is 5.91 Å². The SMILES string of the molecule is C=CC(=O)N1CCC/C=C\C2C[C@@]2(C(=O)NS(=O)(=O)C2CC2)NC(=O)[C@@H]2C[C@@H]3CN2C(=O)[C@H](C1)NC(=O)OCCC/C=C/c1ccc2ccnc(c2c1)O3. The number of amides is 5. The minimum Gasteiger partial charge on any atom is -0.472 e. The van der Waals surface area contributed by atoms with Crippen LogP contribution in [0.4, 0.5) is 4.79 Å². The smallest absolute Gasteiger partial charge is 0.407 e. The molecule has 3 fully saturated rings. The summed E-state index contributed by atoms with van der Waals surface area (Å²) in [6.45, 7) is 3.55. The van der Waals surface area contributed by atoms with Gasteiger partial charge in [-0.2, -0.15) is 0 Å². The van der Waals surface area contributed by atoms with E-state index in [-0.39, 0.29) is 39.1 Å². The number of rotatable bonds is 4. The van der Waals surface area contributed by atoms with E-state index in [1.807, 2.05) is 42.5 Å². The number of pyridine rings is 1. The van der Waals surface area contributed by atoms with Crippen molar-refractivity contribution in [3.63, 3.8) is 0 Å². The van der Waals surface area contributed by atoms with Crippen LogP contribution in [-0.4, -0.2) is 108 Å². The van der Waals surface area contributed by atoms with Crippen LogP contribution in [0.25, 0.3) is 16.8 Å². The molecule has 3 aliphatic heterocycles. The topological polar surface area (TPSA) is 193 Å². The van der Waals surface area contributed by atoms with E-state index in [1.54, 1.807) is 12.3 Å². The fraction of sp³-hybridized carbons (Fsp3) is 0.474. The van der Waals surface area contributed by atoms with Crippen molar-refractivity contribution < 1.29 is 41.9 Å². The van der Waals surface area contributed by atoms with Gasteiger partial charge in [-0.1, -0.05) is 43.0 Å². The minimum atomic E-state index is -3.93. The molecular formula is C38H44N6O9S. The molecule has 286 valence electrons. The Hall–Kier alpha value is -5.25. The number of ether oxygens (including phenoxy) is 2. The van der Waals surface area contributed by atoms with E-state index in [0.29, 0.717) is 44.4 Å². The first-order valence-corrected chi connectivity index (χ1v) is 19.9. The van der Waals surface area contributed by atoms with Gasteiger partial charge < -0.3 is 29.9 Å². The lowest BCUT2D eigenvalue weighted by atomic mass is 10.1. The van der Waals surface area contributed by atoms with Crippen LogP contribution >= 0.6 is 0 Å². The summed E-state index contributed by atoms with van der Waals surface area (Å²) in [5.74, 6) is -2.86. The zero-order chi connectivity index (χ0) is 38.0. The van der Waals surface area contributed by atoms with Gasteiger partial charge in [-0.25, -0.2) is 18.2 Å². The molecule has 7 rings (SSSR count). The second-order valence-corrected chi connectivity index (χ2v) is 16.4. The molecule has 3 N–H and O–H groups in total. The van der Waals surface area contributed by atoms with E-state index in [0.717, 1.165) is 22.4 Å². The third-order valence-corrected chi connectivity index (χ3v) is 12.4. The molecule has 15 nitrogen and oxygen atoms in total. The summed E-state index contributed by atoms with van der Waals surface area (Å²) in [6.07, 6.45) is 11.7. The van der Waals surface area contributed by atoms with Gasteiger partial charge in [0.05, 0.1) is 24.9 Å². The molecule has 1 aromatic carbocycles. The monoisotopic (exact) mass is 760 g/mol. The molecular weight excluding hydrogens is 717 g/mol. The molecule has 1 unspecified atom stereocenters. The van der Waals surface area contributed by atoms with Crippen LogP contribution < -0.4 is 20.1 Å². The van der Waals surface area contributed by atoms with Crippen molar-refractivity contribution in [3.05, 3.63) is 66.9 Å². The Kier molecular flexibility index (Phi) is 10.5. The van der Waals surface area contributed by atoms with E-state index < -0.39 is 74.6 Å². The molecule has 2 aromatic rings. The number of hydrogen-bond acceptors (Lipinski definition) is 10. The number of aromatic nitrogens is 1. The largest absolute Gasteiger partial charge is 0.472 e. The minimum absolute atomic E-state index is 0.0136. The number of benzene rings is 1. The summed E-state index contributed by atoms with van der Waals surface area (Å²) in [4.78, 5) is 76.2. The highest BCUT2D eigenvalue weighted by atomic mass is 32.2.